The number of hydrogen-bond acceptors (Lipinski definition) is 4. The van der Waals surface area contributed by atoms with Gasteiger partial charge in [-0.2, -0.15) is 0 Å². The molecule has 0 radical (unpaired) electrons. The van der Waals surface area contributed by atoms with Gasteiger partial charge in [-0.15, -0.1) is 10.2 Å². The van der Waals surface area contributed by atoms with Crippen molar-refractivity contribution in [2.75, 3.05) is 12.3 Å². The van der Waals surface area contributed by atoms with E-state index >= 15 is 0 Å². The molecule has 3 rings (SSSR count). The summed E-state index contributed by atoms with van der Waals surface area (Å²) in [4.78, 5) is 12.1. The van der Waals surface area contributed by atoms with Crippen molar-refractivity contribution in [1.29, 1.82) is 0 Å². The largest absolute Gasteiger partial charge is 0.355 e. The maximum atomic E-state index is 12.9. The molecule has 0 bridgehead atoms. The van der Waals surface area contributed by atoms with Crippen LogP contribution in [0.2, 0.25) is 5.02 Å². The van der Waals surface area contributed by atoms with E-state index in [-0.39, 0.29) is 17.5 Å². The van der Waals surface area contributed by atoms with E-state index in [0.717, 1.165) is 17.0 Å². The zero-order chi connectivity index (χ0) is 19.9. The van der Waals surface area contributed by atoms with Crippen LogP contribution in [0.25, 0.3) is 11.4 Å². The minimum atomic E-state index is -0.263. The first kappa shape index (κ1) is 20.4. The summed E-state index contributed by atoms with van der Waals surface area (Å²) in [6, 6.07) is 13.7. The molecule has 28 heavy (non-hydrogen) atoms. The number of nitrogens with zero attached hydrogens (tertiary/aromatic N) is 3. The summed E-state index contributed by atoms with van der Waals surface area (Å²) in [5.74, 6) is 0.629. The highest BCUT2D eigenvalue weighted by Gasteiger charge is 2.14. The zero-order valence-electron chi connectivity index (χ0n) is 15.4. The van der Waals surface area contributed by atoms with Crippen LogP contribution in [0.3, 0.4) is 0 Å². The fraction of sp³-hybridized carbons (Fsp3) is 0.250. The summed E-state index contributed by atoms with van der Waals surface area (Å²) in [6.45, 7) is 3.19. The van der Waals surface area contributed by atoms with Crippen LogP contribution >= 0.6 is 23.4 Å². The van der Waals surface area contributed by atoms with E-state index in [1.54, 1.807) is 12.1 Å². The number of halogens is 2. The Hall–Kier alpha value is -2.38. The van der Waals surface area contributed by atoms with E-state index in [2.05, 4.69) is 15.5 Å². The van der Waals surface area contributed by atoms with Gasteiger partial charge in [0.25, 0.3) is 0 Å². The second-order valence-corrected chi connectivity index (χ2v) is 7.45. The molecular formula is C20H20ClFN4OS. The van der Waals surface area contributed by atoms with Crippen LogP contribution < -0.4 is 5.32 Å². The molecule has 1 N–H and O–H groups in total. The van der Waals surface area contributed by atoms with E-state index < -0.39 is 0 Å². The average molecular weight is 419 g/mol. The zero-order valence-corrected chi connectivity index (χ0v) is 16.9. The number of amides is 1. The summed E-state index contributed by atoms with van der Waals surface area (Å²) in [5.41, 5.74) is 1.86. The van der Waals surface area contributed by atoms with Crippen molar-refractivity contribution in [3.8, 4) is 11.4 Å². The lowest BCUT2D eigenvalue weighted by Crippen LogP contribution is -2.27. The second kappa shape index (κ2) is 9.71. The van der Waals surface area contributed by atoms with Gasteiger partial charge in [0, 0.05) is 23.7 Å². The molecule has 0 fully saturated rings. The van der Waals surface area contributed by atoms with Gasteiger partial charge < -0.3 is 9.88 Å². The highest BCUT2D eigenvalue weighted by Crippen LogP contribution is 2.25. The van der Waals surface area contributed by atoms with Crippen LogP contribution in [0.15, 0.2) is 53.7 Å². The minimum absolute atomic E-state index is 0.0814. The molecule has 8 heteroatoms. The molecule has 0 aliphatic heterocycles. The topological polar surface area (TPSA) is 59.8 Å². The predicted molar refractivity (Wildman–Crippen MR) is 110 cm³/mol. The summed E-state index contributed by atoms with van der Waals surface area (Å²) < 4.78 is 14.9. The molecule has 0 spiro atoms. The Morgan fingerprint density at radius 1 is 1.21 bits per heavy atom. The Kier molecular flexibility index (Phi) is 7.06. The van der Waals surface area contributed by atoms with Gasteiger partial charge >= 0.3 is 0 Å². The normalized spacial score (nSPS) is 10.8. The molecule has 1 heterocycles. The Morgan fingerprint density at radius 3 is 2.71 bits per heavy atom. The molecule has 2 aromatic carbocycles. The third kappa shape index (κ3) is 5.33. The molecule has 0 atom stereocenters. The molecule has 0 aliphatic rings. The van der Waals surface area contributed by atoms with E-state index in [4.69, 9.17) is 11.6 Å². The van der Waals surface area contributed by atoms with Crippen LogP contribution in [0.5, 0.6) is 0 Å². The highest BCUT2D eigenvalue weighted by atomic mass is 35.5. The molecule has 0 aliphatic carbocycles. The van der Waals surface area contributed by atoms with Gasteiger partial charge in [0.05, 0.1) is 5.75 Å². The van der Waals surface area contributed by atoms with Crippen molar-refractivity contribution < 1.29 is 9.18 Å². The van der Waals surface area contributed by atoms with Crippen LogP contribution in [-0.2, 0) is 17.8 Å². The average Bonchev–Trinajstić information content (AvgIpc) is 3.11. The van der Waals surface area contributed by atoms with Crippen molar-refractivity contribution in [3.05, 3.63) is 64.9 Å². The number of rotatable bonds is 8. The third-order valence-electron chi connectivity index (χ3n) is 4.10. The van der Waals surface area contributed by atoms with Gasteiger partial charge in [0.2, 0.25) is 5.91 Å². The molecular weight excluding hydrogens is 399 g/mol. The summed E-state index contributed by atoms with van der Waals surface area (Å²) in [7, 11) is 0. The van der Waals surface area contributed by atoms with Crippen LogP contribution in [0, 0.1) is 5.82 Å². The van der Waals surface area contributed by atoms with Gasteiger partial charge in [-0.05, 0) is 43.2 Å². The first-order valence-corrected chi connectivity index (χ1v) is 10.3. The summed E-state index contributed by atoms with van der Waals surface area (Å²) >= 11 is 7.41. The van der Waals surface area contributed by atoms with Gasteiger partial charge in [-0.25, -0.2) is 4.39 Å². The Bertz CT molecular complexity index is 946. The SMILES string of the molecule is CCn1c(SCC(=O)NCCc2ccc(F)cc2)nnc1-c1cccc(Cl)c1. The van der Waals surface area contributed by atoms with Gasteiger partial charge in [-0.1, -0.05) is 47.6 Å². The standard InChI is InChI=1S/C20H20ClFN4OS/c1-2-26-19(15-4-3-5-16(21)12-15)24-25-20(26)28-13-18(27)23-11-10-14-6-8-17(22)9-7-14/h3-9,12H,2,10-11,13H2,1H3,(H,23,27). The van der Waals surface area contributed by atoms with Crippen molar-refractivity contribution in [3.63, 3.8) is 0 Å². The number of carbonyl (C=O) groups excluding carboxylic acids is 1. The molecule has 0 saturated heterocycles. The number of carbonyl (C=O) groups is 1. The number of aromatic nitrogens is 3. The van der Waals surface area contributed by atoms with E-state index in [9.17, 15) is 9.18 Å². The Balaban J connectivity index is 1.54. The number of benzene rings is 2. The predicted octanol–water partition coefficient (Wildman–Crippen LogP) is 4.21. The first-order valence-electron chi connectivity index (χ1n) is 8.90. The van der Waals surface area contributed by atoms with Gasteiger partial charge in [0.1, 0.15) is 5.82 Å². The van der Waals surface area contributed by atoms with Crippen LogP contribution in [-0.4, -0.2) is 33.0 Å². The molecule has 1 aromatic heterocycles. The fourth-order valence-corrected chi connectivity index (χ4v) is 3.72. The van der Waals surface area contributed by atoms with E-state index in [1.165, 1.54) is 23.9 Å². The second-order valence-electron chi connectivity index (χ2n) is 6.08. The quantitative estimate of drug-likeness (QED) is 0.557. The smallest absolute Gasteiger partial charge is 0.230 e. The van der Waals surface area contributed by atoms with E-state index in [0.29, 0.717) is 29.7 Å². The Labute approximate surface area is 172 Å². The summed E-state index contributed by atoms with van der Waals surface area (Å²) in [5, 5.41) is 12.7. The van der Waals surface area contributed by atoms with Crippen molar-refractivity contribution in [2.24, 2.45) is 0 Å². The number of thioether (sulfide) groups is 1. The molecule has 3 aromatic rings. The lowest BCUT2D eigenvalue weighted by molar-refractivity contribution is -0.118. The number of hydrogen-bond donors (Lipinski definition) is 1. The third-order valence-corrected chi connectivity index (χ3v) is 5.30. The lowest BCUT2D eigenvalue weighted by atomic mass is 10.1. The van der Waals surface area contributed by atoms with Gasteiger partial charge in [-0.3, -0.25) is 4.79 Å². The molecule has 1 amide bonds. The van der Waals surface area contributed by atoms with Crippen LogP contribution in [0.1, 0.15) is 12.5 Å². The number of nitrogens with one attached hydrogen (secondary N) is 1. The molecule has 0 unspecified atom stereocenters. The van der Waals surface area contributed by atoms with Gasteiger partial charge in [0.15, 0.2) is 11.0 Å². The molecule has 0 saturated carbocycles. The lowest BCUT2D eigenvalue weighted by Gasteiger charge is -2.08. The Morgan fingerprint density at radius 2 is 2.00 bits per heavy atom. The van der Waals surface area contributed by atoms with E-state index in [1.807, 2.05) is 35.8 Å². The van der Waals surface area contributed by atoms with Crippen LogP contribution in [0.4, 0.5) is 4.39 Å². The molecule has 5 nitrogen and oxygen atoms in total. The first-order chi connectivity index (χ1) is 13.6. The fourth-order valence-electron chi connectivity index (χ4n) is 2.70. The van der Waals surface area contributed by atoms with Crippen molar-refractivity contribution in [2.45, 2.75) is 25.0 Å². The van der Waals surface area contributed by atoms with Crippen molar-refractivity contribution in [1.82, 2.24) is 20.1 Å². The highest BCUT2D eigenvalue weighted by molar-refractivity contribution is 7.99. The van der Waals surface area contributed by atoms with Crippen molar-refractivity contribution >= 4 is 29.3 Å². The molecule has 146 valence electrons. The summed E-state index contributed by atoms with van der Waals surface area (Å²) in [6.07, 6.45) is 0.654. The maximum Gasteiger partial charge on any atom is 0.230 e. The maximum absolute atomic E-state index is 12.9. The minimum Gasteiger partial charge on any atom is -0.355 e. The monoisotopic (exact) mass is 418 g/mol.